The number of aromatic nitrogens is 2. The number of nitrogens with zero attached hydrogens (tertiary/aromatic N) is 1. The normalized spacial score (nSPS) is 20.7. The third-order valence-corrected chi connectivity index (χ3v) is 4.31. The Bertz CT molecular complexity index is 743. The van der Waals surface area contributed by atoms with Crippen LogP contribution in [0.3, 0.4) is 0 Å². The summed E-state index contributed by atoms with van der Waals surface area (Å²) in [5.41, 5.74) is 1.32. The molecule has 1 aliphatic carbocycles. The van der Waals surface area contributed by atoms with E-state index in [1.165, 1.54) is 12.1 Å². The fourth-order valence-corrected chi connectivity index (χ4v) is 3.05. The van der Waals surface area contributed by atoms with Crippen LogP contribution in [0.2, 0.25) is 0 Å². The minimum Gasteiger partial charge on any atom is -0.481 e. The standard InChI is InChI=1S/C16H18FN3O3/c17-11-3-4-12-13(8-11)20-14(19-12)5-6-18-15(21)9-1-2-10(7-9)16(22)23/h3-4,8-10H,1-2,5-7H2,(H,18,21)(H,19,20)(H,22,23)/t9-,10+/m0/s1. The first-order valence-electron chi connectivity index (χ1n) is 7.67. The highest BCUT2D eigenvalue weighted by Crippen LogP contribution is 2.31. The van der Waals surface area contributed by atoms with E-state index >= 15 is 0 Å². The Balaban J connectivity index is 1.50. The molecule has 1 aromatic heterocycles. The molecule has 0 saturated heterocycles. The zero-order valence-electron chi connectivity index (χ0n) is 12.5. The van der Waals surface area contributed by atoms with Crippen LogP contribution in [-0.2, 0) is 16.0 Å². The van der Waals surface area contributed by atoms with Crippen molar-refractivity contribution in [1.82, 2.24) is 15.3 Å². The zero-order chi connectivity index (χ0) is 16.4. The van der Waals surface area contributed by atoms with Crippen molar-refractivity contribution in [2.75, 3.05) is 6.54 Å². The molecule has 1 aliphatic rings. The molecule has 0 bridgehead atoms. The summed E-state index contributed by atoms with van der Waals surface area (Å²) in [6, 6.07) is 4.34. The summed E-state index contributed by atoms with van der Waals surface area (Å²) in [4.78, 5) is 30.3. The number of rotatable bonds is 5. The van der Waals surface area contributed by atoms with Crippen LogP contribution in [0, 0.1) is 17.7 Å². The van der Waals surface area contributed by atoms with Crippen molar-refractivity contribution in [2.45, 2.75) is 25.7 Å². The van der Waals surface area contributed by atoms with Crippen molar-refractivity contribution < 1.29 is 19.1 Å². The predicted molar refractivity (Wildman–Crippen MR) is 81.2 cm³/mol. The van der Waals surface area contributed by atoms with E-state index in [-0.39, 0.29) is 17.6 Å². The number of amides is 1. The van der Waals surface area contributed by atoms with Crippen molar-refractivity contribution >= 4 is 22.9 Å². The van der Waals surface area contributed by atoms with Gasteiger partial charge in [0.1, 0.15) is 11.6 Å². The fraction of sp³-hybridized carbons (Fsp3) is 0.438. The highest BCUT2D eigenvalue weighted by atomic mass is 19.1. The molecule has 6 nitrogen and oxygen atoms in total. The van der Waals surface area contributed by atoms with Gasteiger partial charge in [-0.3, -0.25) is 9.59 Å². The van der Waals surface area contributed by atoms with Crippen LogP contribution in [0.15, 0.2) is 18.2 Å². The minimum atomic E-state index is -0.824. The summed E-state index contributed by atoms with van der Waals surface area (Å²) in [7, 11) is 0. The lowest BCUT2D eigenvalue weighted by molar-refractivity contribution is -0.141. The highest BCUT2D eigenvalue weighted by molar-refractivity contribution is 5.80. The quantitative estimate of drug-likeness (QED) is 0.784. The van der Waals surface area contributed by atoms with Gasteiger partial charge in [-0.15, -0.1) is 0 Å². The first-order chi connectivity index (χ1) is 11.0. The molecule has 3 N–H and O–H groups in total. The van der Waals surface area contributed by atoms with Gasteiger partial charge in [0.25, 0.3) is 0 Å². The van der Waals surface area contributed by atoms with Gasteiger partial charge in [0.15, 0.2) is 0 Å². The van der Waals surface area contributed by atoms with E-state index in [0.29, 0.717) is 49.1 Å². The van der Waals surface area contributed by atoms with E-state index in [9.17, 15) is 14.0 Å². The molecule has 0 radical (unpaired) electrons. The summed E-state index contributed by atoms with van der Waals surface area (Å²) in [6.45, 7) is 0.412. The Morgan fingerprint density at radius 1 is 1.35 bits per heavy atom. The molecule has 2 atom stereocenters. The Morgan fingerprint density at radius 2 is 2.13 bits per heavy atom. The van der Waals surface area contributed by atoms with Gasteiger partial charge in [0, 0.05) is 18.9 Å². The maximum absolute atomic E-state index is 13.1. The van der Waals surface area contributed by atoms with Gasteiger partial charge in [0.2, 0.25) is 5.91 Å². The summed E-state index contributed by atoms with van der Waals surface area (Å²) in [6.07, 6.45) is 2.09. The summed E-state index contributed by atoms with van der Waals surface area (Å²) in [5.74, 6) is -1.20. The smallest absolute Gasteiger partial charge is 0.306 e. The number of halogens is 1. The second-order valence-electron chi connectivity index (χ2n) is 5.93. The average molecular weight is 319 g/mol. The molecule has 1 fully saturated rings. The van der Waals surface area contributed by atoms with E-state index in [1.54, 1.807) is 6.07 Å². The highest BCUT2D eigenvalue weighted by Gasteiger charge is 2.33. The number of H-pyrrole nitrogens is 1. The number of carbonyl (C=O) groups excluding carboxylic acids is 1. The molecule has 1 heterocycles. The average Bonchev–Trinajstić information content (AvgIpc) is 3.12. The van der Waals surface area contributed by atoms with Crippen LogP contribution < -0.4 is 5.32 Å². The van der Waals surface area contributed by atoms with Crippen molar-refractivity contribution in [3.05, 3.63) is 29.8 Å². The number of aromatic amines is 1. The number of hydrogen-bond donors (Lipinski definition) is 3. The molecule has 0 aliphatic heterocycles. The van der Waals surface area contributed by atoms with Crippen LogP contribution in [-0.4, -0.2) is 33.5 Å². The van der Waals surface area contributed by atoms with Crippen LogP contribution in [0.4, 0.5) is 4.39 Å². The monoisotopic (exact) mass is 319 g/mol. The lowest BCUT2D eigenvalue weighted by atomic mass is 10.0. The van der Waals surface area contributed by atoms with Crippen LogP contribution >= 0.6 is 0 Å². The van der Waals surface area contributed by atoms with Crippen molar-refractivity contribution in [2.24, 2.45) is 11.8 Å². The van der Waals surface area contributed by atoms with Crippen LogP contribution in [0.25, 0.3) is 11.0 Å². The van der Waals surface area contributed by atoms with E-state index in [2.05, 4.69) is 15.3 Å². The van der Waals surface area contributed by atoms with E-state index in [4.69, 9.17) is 5.11 Å². The fourth-order valence-electron chi connectivity index (χ4n) is 3.05. The molecule has 1 amide bonds. The number of carbonyl (C=O) groups is 2. The molecule has 7 heteroatoms. The van der Waals surface area contributed by atoms with Gasteiger partial charge in [-0.1, -0.05) is 0 Å². The summed E-state index contributed by atoms with van der Waals surface area (Å²) < 4.78 is 13.1. The zero-order valence-corrected chi connectivity index (χ0v) is 12.5. The first kappa shape index (κ1) is 15.5. The van der Waals surface area contributed by atoms with Gasteiger partial charge < -0.3 is 15.4 Å². The number of carboxylic acids is 1. The van der Waals surface area contributed by atoms with Gasteiger partial charge in [0.05, 0.1) is 17.0 Å². The molecule has 0 unspecified atom stereocenters. The first-order valence-corrected chi connectivity index (χ1v) is 7.67. The van der Waals surface area contributed by atoms with E-state index < -0.39 is 11.9 Å². The topological polar surface area (TPSA) is 95.1 Å². The Kier molecular flexibility index (Phi) is 4.27. The second kappa shape index (κ2) is 6.36. The largest absolute Gasteiger partial charge is 0.481 e. The van der Waals surface area contributed by atoms with Gasteiger partial charge in [-0.2, -0.15) is 0 Å². The number of imidazole rings is 1. The molecule has 3 rings (SSSR count). The van der Waals surface area contributed by atoms with Gasteiger partial charge in [-0.25, -0.2) is 9.37 Å². The third-order valence-electron chi connectivity index (χ3n) is 4.31. The number of benzene rings is 1. The maximum Gasteiger partial charge on any atom is 0.306 e. The lowest BCUT2D eigenvalue weighted by Gasteiger charge is -2.10. The second-order valence-corrected chi connectivity index (χ2v) is 5.93. The molecule has 122 valence electrons. The van der Waals surface area contributed by atoms with E-state index in [1.807, 2.05) is 0 Å². The van der Waals surface area contributed by atoms with E-state index in [0.717, 1.165) is 0 Å². The number of carboxylic acid groups (broad SMARTS) is 1. The van der Waals surface area contributed by atoms with Crippen molar-refractivity contribution in [3.8, 4) is 0 Å². The van der Waals surface area contributed by atoms with Crippen LogP contribution in [0.5, 0.6) is 0 Å². The number of fused-ring (bicyclic) bond motifs is 1. The third kappa shape index (κ3) is 3.49. The molecule has 0 spiro atoms. The molecular weight excluding hydrogens is 301 g/mol. The van der Waals surface area contributed by atoms with Crippen molar-refractivity contribution in [1.29, 1.82) is 0 Å². The Labute approximate surface area is 132 Å². The molecule has 2 aromatic rings. The SMILES string of the molecule is O=C(O)[C@@H]1CC[C@H](C(=O)NCCc2nc3ccc(F)cc3[nH]2)C1. The number of aliphatic carboxylic acids is 1. The minimum absolute atomic E-state index is 0.101. The van der Waals surface area contributed by atoms with Crippen molar-refractivity contribution in [3.63, 3.8) is 0 Å². The molecule has 1 aromatic carbocycles. The summed E-state index contributed by atoms with van der Waals surface area (Å²) >= 11 is 0. The van der Waals surface area contributed by atoms with Gasteiger partial charge in [-0.05, 0) is 37.5 Å². The van der Waals surface area contributed by atoms with Crippen LogP contribution in [0.1, 0.15) is 25.1 Å². The summed E-state index contributed by atoms with van der Waals surface area (Å²) in [5, 5.41) is 11.8. The van der Waals surface area contributed by atoms with Gasteiger partial charge >= 0.3 is 5.97 Å². The Morgan fingerprint density at radius 3 is 2.87 bits per heavy atom. The lowest BCUT2D eigenvalue weighted by Crippen LogP contribution is -2.31. The number of nitrogens with one attached hydrogen (secondary N) is 2. The molecule has 23 heavy (non-hydrogen) atoms. The molecule has 1 saturated carbocycles. The maximum atomic E-state index is 13.1. The predicted octanol–water partition coefficient (Wildman–Crippen LogP) is 1.86. The molecular formula is C16H18FN3O3. The Hall–Kier alpha value is -2.44. The number of hydrogen-bond acceptors (Lipinski definition) is 3.